The molecule has 2 N–H and O–H groups in total. The summed E-state index contributed by atoms with van der Waals surface area (Å²) in [5, 5.41) is 0. The Hall–Kier alpha value is -2.78. The van der Waals surface area contributed by atoms with Gasteiger partial charge in [0.1, 0.15) is 0 Å². The van der Waals surface area contributed by atoms with Crippen molar-refractivity contribution in [2.24, 2.45) is 0 Å². The number of H-pyrrole nitrogens is 1. The van der Waals surface area contributed by atoms with Crippen molar-refractivity contribution in [1.29, 1.82) is 0 Å². The fourth-order valence-electron chi connectivity index (χ4n) is 1.91. The molecule has 1 aromatic carbocycles. The highest BCUT2D eigenvalue weighted by Gasteiger charge is 2.24. The number of benzene rings is 1. The first kappa shape index (κ1) is 14.2. The number of rotatable bonds is 4. The third kappa shape index (κ3) is 2.80. The van der Waals surface area contributed by atoms with Crippen molar-refractivity contribution in [3.63, 3.8) is 0 Å². The second-order valence-corrected chi connectivity index (χ2v) is 5.55. The number of hydrogen-bond acceptors (Lipinski definition) is 5. The Kier molecular flexibility index (Phi) is 3.57. The highest BCUT2D eigenvalue weighted by molar-refractivity contribution is 7.87. The molecule has 0 saturated carbocycles. The van der Waals surface area contributed by atoms with E-state index in [1.54, 1.807) is 30.5 Å². The Labute approximate surface area is 126 Å². The van der Waals surface area contributed by atoms with E-state index in [4.69, 9.17) is 0 Å². The average molecular weight is 317 g/mol. The summed E-state index contributed by atoms with van der Waals surface area (Å²) in [4.78, 5) is 14.8. The van der Waals surface area contributed by atoms with Gasteiger partial charge in [-0.2, -0.15) is 12.7 Å². The monoisotopic (exact) mass is 317 g/mol. The van der Waals surface area contributed by atoms with Gasteiger partial charge in [0.15, 0.2) is 0 Å². The molecule has 2 heterocycles. The molecule has 8 nitrogen and oxygen atoms in total. The molecule has 0 fully saturated rings. The number of anilines is 2. The quantitative estimate of drug-likeness (QED) is 0.710. The van der Waals surface area contributed by atoms with Gasteiger partial charge in [0, 0.05) is 6.20 Å². The van der Waals surface area contributed by atoms with E-state index >= 15 is 0 Å². The summed E-state index contributed by atoms with van der Waals surface area (Å²) in [6, 6.07) is 9.68. The smallest absolute Gasteiger partial charge is 0.343 e. The topological polar surface area (TPSA) is 112 Å². The maximum absolute atomic E-state index is 11.7. The van der Waals surface area contributed by atoms with Crippen molar-refractivity contribution in [3.05, 3.63) is 55.1 Å². The van der Waals surface area contributed by atoms with E-state index in [1.165, 1.54) is 24.7 Å². The number of para-hydroxylation sites is 1. The Balaban J connectivity index is 2.12. The van der Waals surface area contributed by atoms with Crippen molar-refractivity contribution in [1.82, 2.24) is 19.9 Å². The van der Waals surface area contributed by atoms with Crippen LogP contribution in [0, 0.1) is 0 Å². The maximum atomic E-state index is 11.7. The predicted molar refractivity (Wildman–Crippen MR) is 79.7 cm³/mol. The van der Waals surface area contributed by atoms with E-state index < -0.39 is 10.3 Å². The predicted octanol–water partition coefficient (Wildman–Crippen LogP) is 1.81. The minimum Gasteiger partial charge on any atom is -0.343 e. The SMILES string of the molecule is O=S(=O)(O)N(c1ccccc1)c1nccc(-c2cnc[nH]2)n1. The Morgan fingerprint density at radius 3 is 2.55 bits per heavy atom. The zero-order chi connectivity index (χ0) is 15.6. The van der Waals surface area contributed by atoms with Gasteiger partial charge in [-0.3, -0.25) is 4.55 Å². The van der Waals surface area contributed by atoms with E-state index in [0.29, 0.717) is 15.7 Å². The van der Waals surface area contributed by atoms with Gasteiger partial charge in [0.05, 0.1) is 29.6 Å². The molecule has 2 aromatic heterocycles. The molecule has 0 saturated heterocycles. The molecule has 0 atom stereocenters. The second kappa shape index (κ2) is 5.54. The molecular formula is C13H11N5O3S. The molecule has 0 bridgehead atoms. The number of imidazole rings is 1. The van der Waals surface area contributed by atoms with Gasteiger partial charge in [0.25, 0.3) is 0 Å². The van der Waals surface area contributed by atoms with E-state index in [0.717, 1.165) is 0 Å². The lowest BCUT2D eigenvalue weighted by Crippen LogP contribution is -2.27. The Bertz CT molecular complexity index is 866. The molecular weight excluding hydrogens is 306 g/mol. The summed E-state index contributed by atoms with van der Waals surface area (Å²) < 4.78 is 33.6. The van der Waals surface area contributed by atoms with Crippen LogP contribution in [0.4, 0.5) is 11.6 Å². The van der Waals surface area contributed by atoms with Gasteiger partial charge < -0.3 is 4.98 Å². The molecule has 0 spiro atoms. The number of nitrogens with zero attached hydrogens (tertiary/aromatic N) is 4. The summed E-state index contributed by atoms with van der Waals surface area (Å²) in [6.07, 6.45) is 4.43. The van der Waals surface area contributed by atoms with Gasteiger partial charge in [-0.25, -0.2) is 15.0 Å². The minimum atomic E-state index is -4.57. The molecule has 0 aliphatic rings. The summed E-state index contributed by atoms with van der Waals surface area (Å²) in [5.74, 6) is -0.166. The largest absolute Gasteiger partial charge is 0.366 e. The number of aromatic amines is 1. The molecule has 0 radical (unpaired) electrons. The molecule has 3 rings (SSSR count). The van der Waals surface area contributed by atoms with Crippen molar-refractivity contribution < 1.29 is 13.0 Å². The van der Waals surface area contributed by atoms with E-state index in [-0.39, 0.29) is 11.6 Å². The van der Waals surface area contributed by atoms with Crippen LogP contribution in [0.15, 0.2) is 55.1 Å². The van der Waals surface area contributed by atoms with Crippen LogP contribution >= 0.6 is 0 Å². The molecule has 0 amide bonds. The first-order valence-corrected chi connectivity index (χ1v) is 7.60. The van der Waals surface area contributed by atoms with Crippen LogP contribution in [-0.2, 0) is 10.3 Å². The lowest BCUT2D eigenvalue weighted by Gasteiger charge is -2.18. The van der Waals surface area contributed by atoms with Gasteiger partial charge >= 0.3 is 10.3 Å². The van der Waals surface area contributed by atoms with Crippen LogP contribution in [-0.4, -0.2) is 32.9 Å². The van der Waals surface area contributed by atoms with Crippen molar-refractivity contribution in [2.75, 3.05) is 4.31 Å². The summed E-state index contributed by atoms with van der Waals surface area (Å²) in [7, 11) is -4.57. The fraction of sp³-hybridized carbons (Fsp3) is 0. The molecule has 3 aromatic rings. The average Bonchev–Trinajstić information content (AvgIpc) is 3.02. The lowest BCUT2D eigenvalue weighted by molar-refractivity contribution is 0.482. The van der Waals surface area contributed by atoms with Crippen molar-refractivity contribution in [2.45, 2.75) is 0 Å². The van der Waals surface area contributed by atoms with Crippen LogP contribution in [0.3, 0.4) is 0 Å². The second-order valence-electron chi connectivity index (χ2n) is 4.28. The number of aromatic nitrogens is 4. The first-order valence-electron chi connectivity index (χ1n) is 6.20. The molecule has 112 valence electrons. The summed E-state index contributed by atoms with van der Waals surface area (Å²) >= 11 is 0. The lowest BCUT2D eigenvalue weighted by atomic mass is 10.3. The molecule has 0 aliphatic heterocycles. The zero-order valence-corrected chi connectivity index (χ0v) is 12.0. The fourth-order valence-corrected chi connectivity index (χ4v) is 2.59. The van der Waals surface area contributed by atoms with Crippen molar-refractivity contribution in [3.8, 4) is 11.4 Å². The molecule has 9 heteroatoms. The third-order valence-corrected chi connectivity index (χ3v) is 3.66. The van der Waals surface area contributed by atoms with Gasteiger partial charge in [-0.15, -0.1) is 0 Å². The van der Waals surface area contributed by atoms with Gasteiger partial charge in [0.2, 0.25) is 5.95 Å². The van der Waals surface area contributed by atoms with Crippen LogP contribution in [0.1, 0.15) is 0 Å². The summed E-state index contributed by atoms with van der Waals surface area (Å²) in [5.41, 5.74) is 1.28. The standard InChI is InChI=1S/C13H11N5O3S/c19-22(20,21)18(10-4-2-1-3-5-10)13-15-7-6-11(17-13)12-8-14-9-16-12/h1-9H,(H,14,16)(H,19,20,21). The normalized spacial score (nSPS) is 11.3. The molecule has 0 unspecified atom stereocenters. The first-order chi connectivity index (χ1) is 10.6. The van der Waals surface area contributed by atoms with E-state index in [9.17, 15) is 13.0 Å². The van der Waals surface area contributed by atoms with Gasteiger partial charge in [-0.05, 0) is 18.2 Å². The molecule has 22 heavy (non-hydrogen) atoms. The Morgan fingerprint density at radius 1 is 1.14 bits per heavy atom. The highest BCUT2D eigenvalue weighted by atomic mass is 32.2. The van der Waals surface area contributed by atoms with E-state index in [2.05, 4.69) is 19.9 Å². The highest BCUT2D eigenvalue weighted by Crippen LogP contribution is 2.26. The zero-order valence-electron chi connectivity index (χ0n) is 11.2. The Morgan fingerprint density at radius 2 is 1.91 bits per heavy atom. The number of nitrogens with one attached hydrogen (secondary N) is 1. The maximum Gasteiger partial charge on any atom is 0.366 e. The van der Waals surface area contributed by atoms with Crippen LogP contribution in [0.25, 0.3) is 11.4 Å². The van der Waals surface area contributed by atoms with Crippen molar-refractivity contribution >= 4 is 21.9 Å². The van der Waals surface area contributed by atoms with Crippen LogP contribution in [0.2, 0.25) is 0 Å². The molecule has 0 aliphatic carbocycles. The summed E-state index contributed by atoms with van der Waals surface area (Å²) in [6.45, 7) is 0. The van der Waals surface area contributed by atoms with Crippen LogP contribution < -0.4 is 4.31 Å². The van der Waals surface area contributed by atoms with E-state index in [1.807, 2.05) is 0 Å². The van der Waals surface area contributed by atoms with Gasteiger partial charge in [-0.1, -0.05) is 18.2 Å². The number of hydrogen-bond donors (Lipinski definition) is 2. The minimum absolute atomic E-state index is 0.166. The third-order valence-electron chi connectivity index (χ3n) is 2.82. The van der Waals surface area contributed by atoms with Crippen LogP contribution in [0.5, 0.6) is 0 Å².